The molecule has 24 heavy (non-hydrogen) atoms. The van der Waals surface area contributed by atoms with E-state index < -0.39 is 0 Å². The predicted molar refractivity (Wildman–Crippen MR) is 98.6 cm³/mol. The molecule has 0 radical (unpaired) electrons. The van der Waals surface area contributed by atoms with Gasteiger partial charge in [-0.2, -0.15) is 0 Å². The van der Waals surface area contributed by atoms with E-state index in [1.165, 1.54) is 29.7 Å². The number of carbonyl (C=O) groups is 1. The van der Waals surface area contributed by atoms with Crippen LogP contribution >= 0.6 is 11.3 Å². The zero-order chi connectivity index (χ0) is 16.6. The highest BCUT2D eigenvalue weighted by Gasteiger charge is 2.20. The second kappa shape index (κ2) is 8.76. The van der Waals surface area contributed by atoms with Gasteiger partial charge in [-0.3, -0.25) is 9.69 Å². The first-order valence-electron chi connectivity index (χ1n) is 8.41. The highest BCUT2D eigenvalue weighted by molar-refractivity contribution is 7.10. The molecule has 0 saturated carbocycles. The summed E-state index contributed by atoms with van der Waals surface area (Å²) >= 11 is 1.53. The number of rotatable bonds is 6. The standard InChI is InChI=1S/C19H23N3OS/c23-18(8-9-19-20-10-12-24-19)21-13-17-7-4-11-22(15-17)14-16-5-2-1-3-6-16/h1-3,5-6,8-10,12,17H,4,7,11,13-15H2,(H,21,23)/b9-8-/t17-/m1/s1. The van der Waals surface area contributed by atoms with E-state index in [2.05, 4.69) is 45.5 Å². The molecule has 126 valence electrons. The van der Waals surface area contributed by atoms with E-state index in [-0.39, 0.29) is 5.91 Å². The Bertz CT molecular complexity index is 655. The van der Waals surface area contributed by atoms with Crippen molar-refractivity contribution in [3.8, 4) is 0 Å². The van der Waals surface area contributed by atoms with Crippen LogP contribution in [0.5, 0.6) is 0 Å². The molecule has 1 saturated heterocycles. The molecule has 5 heteroatoms. The fourth-order valence-corrected chi connectivity index (χ4v) is 3.60. The maximum absolute atomic E-state index is 11.9. The summed E-state index contributed by atoms with van der Waals surface area (Å²) in [6, 6.07) is 10.6. The first kappa shape index (κ1) is 16.9. The number of benzene rings is 1. The molecule has 1 amide bonds. The Kier molecular flexibility index (Phi) is 6.15. The average molecular weight is 341 g/mol. The molecule has 2 heterocycles. The number of aromatic nitrogens is 1. The van der Waals surface area contributed by atoms with Crippen molar-refractivity contribution in [2.24, 2.45) is 5.92 Å². The normalized spacial score (nSPS) is 18.8. The lowest BCUT2D eigenvalue weighted by molar-refractivity contribution is -0.116. The molecule has 0 unspecified atom stereocenters. The molecule has 1 atom stereocenters. The summed E-state index contributed by atoms with van der Waals surface area (Å²) in [5.41, 5.74) is 1.36. The first-order valence-corrected chi connectivity index (χ1v) is 9.29. The van der Waals surface area contributed by atoms with Crippen LogP contribution in [0.3, 0.4) is 0 Å². The largest absolute Gasteiger partial charge is 0.352 e. The van der Waals surface area contributed by atoms with Crippen LogP contribution in [0, 0.1) is 5.92 Å². The Hall–Kier alpha value is -1.98. The van der Waals surface area contributed by atoms with Crippen LogP contribution in [-0.4, -0.2) is 35.4 Å². The van der Waals surface area contributed by atoms with Crippen molar-refractivity contribution in [1.29, 1.82) is 0 Å². The summed E-state index contributed by atoms with van der Waals surface area (Å²) in [7, 11) is 0. The molecule has 0 aliphatic carbocycles. The van der Waals surface area contributed by atoms with Crippen molar-refractivity contribution >= 4 is 23.3 Å². The SMILES string of the molecule is O=C(/C=C\c1nccs1)NC[C@H]1CCCN(Cc2ccccc2)C1. The highest BCUT2D eigenvalue weighted by atomic mass is 32.1. The second-order valence-electron chi connectivity index (χ2n) is 6.18. The smallest absolute Gasteiger partial charge is 0.244 e. The molecule has 4 nitrogen and oxygen atoms in total. The number of carbonyl (C=O) groups excluding carboxylic acids is 1. The molecular weight excluding hydrogens is 318 g/mol. The fraction of sp³-hybridized carbons (Fsp3) is 0.368. The van der Waals surface area contributed by atoms with Crippen molar-refractivity contribution in [3.05, 3.63) is 58.6 Å². The highest BCUT2D eigenvalue weighted by Crippen LogP contribution is 2.18. The van der Waals surface area contributed by atoms with E-state index in [1.807, 2.05) is 5.38 Å². The Morgan fingerprint density at radius 2 is 2.25 bits per heavy atom. The third kappa shape index (κ3) is 5.28. The molecule has 1 aromatic carbocycles. The van der Waals surface area contributed by atoms with Gasteiger partial charge in [-0.25, -0.2) is 4.98 Å². The summed E-state index contributed by atoms with van der Waals surface area (Å²) in [6.45, 7) is 3.93. The van der Waals surface area contributed by atoms with Gasteiger partial charge in [0, 0.05) is 37.3 Å². The number of nitrogens with one attached hydrogen (secondary N) is 1. The molecule has 1 aliphatic rings. The van der Waals surface area contributed by atoms with Gasteiger partial charge in [-0.05, 0) is 36.9 Å². The van der Waals surface area contributed by atoms with Gasteiger partial charge in [0.25, 0.3) is 0 Å². The Labute approximate surface area is 147 Å². The van der Waals surface area contributed by atoms with Crippen molar-refractivity contribution in [3.63, 3.8) is 0 Å². The number of amides is 1. The van der Waals surface area contributed by atoms with Crippen LogP contribution in [-0.2, 0) is 11.3 Å². The minimum atomic E-state index is -0.0367. The predicted octanol–water partition coefficient (Wildman–Crippen LogP) is 3.18. The van der Waals surface area contributed by atoms with Crippen LogP contribution in [0.25, 0.3) is 6.08 Å². The van der Waals surface area contributed by atoms with Gasteiger partial charge in [-0.15, -0.1) is 11.3 Å². The van der Waals surface area contributed by atoms with Gasteiger partial charge in [0.15, 0.2) is 0 Å². The average Bonchev–Trinajstić information content (AvgIpc) is 3.13. The van der Waals surface area contributed by atoms with Crippen LogP contribution < -0.4 is 5.32 Å². The molecule has 0 bridgehead atoms. The number of nitrogens with zero attached hydrogens (tertiary/aromatic N) is 2. The second-order valence-corrected chi connectivity index (χ2v) is 7.10. The molecule has 1 fully saturated rings. The third-order valence-corrected chi connectivity index (χ3v) is 4.99. The van der Waals surface area contributed by atoms with Crippen molar-refractivity contribution in [2.45, 2.75) is 19.4 Å². The van der Waals surface area contributed by atoms with Crippen LogP contribution in [0.1, 0.15) is 23.4 Å². The van der Waals surface area contributed by atoms with E-state index in [9.17, 15) is 4.79 Å². The van der Waals surface area contributed by atoms with Gasteiger partial charge < -0.3 is 5.32 Å². The topological polar surface area (TPSA) is 45.2 Å². The molecule has 3 rings (SSSR count). The number of hydrogen-bond donors (Lipinski definition) is 1. The van der Waals surface area contributed by atoms with Gasteiger partial charge in [-0.1, -0.05) is 30.3 Å². The molecular formula is C19H23N3OS. The van der Waals surface area contributed by atoms with E-state index in [0.29, 0.717) is 5.92 Å². The van der Waals surface area contributed by atoms with Crippen LogP contribution in [0.15, 0.2) is 48.0 Å². The van der Waals surface area contributed by atoms with Crippen LogP contribution in [0.2, 0.25) is 0 Å². The number of piperidine rings is 1. The van der Waals surface area contributed by atoms with Crippen molar-refractivity contribution in [2.75, 3.05) is 19.6 Å². The van der Waals surface area contributed by atoms with E-state index >= 15 is 0 Å². The zero-order valence-corrected chi connectivity index (χ0v) is 14.5. The Morgan fingerprint density at radius 1 is 1.38 bits per heavy atom. The summed E-state index contributed by atoms with van der Waals surface area (Å²) in [4.78, 5) is 18.5. The van der Waals surface area contributed by atoms with Crippen molar-refractivity contribution in [1.82, 2.24) is 15.2 Å². The molecule has 0 spiro atoms. The zero-order valence-electron chi connectivity index (χ0n) is 13.7. The molecule has 1 N–H and O–H groups in total. The lowest BCUT2D eigenvalue weighted by Gasteiger charge is -2.32. The Morgan fingerprint density at radius 3 is 3.04 bits per heavy atom. The van der Waals surface area contributed by atoms with Gasteiger partial charge in [0.05, 0.1) is 0 Å². The minimum Gasteiger partial charge on any atom is -0.352 e. The Balaban J connectivity index is 1.43. The molecule has 1 aromatic heterocycles. The maximum atomic E-state index is 11.9. The monoisotopic (exact) mass is 341 g/mol. The van der Waals surface area contributed by atoms with E-state index in [0.717, 1.165) is 31.2 Å². The quantitative estimate of drug-likeness (QED) is 0.821. The van der Waals surface area contributed by atoms with E-state index in [4.69, 9.17) is 0 Å². The fourth-order valence-electron chi connectivity index (χ4n) is 3.07. The minimum absolute atomic E-state index is 0.0367. The van der Waals surface area contributed by atoms with Gasteiger partial charge in [0.1, 0.15) is 5.01 Å². The molecule has 2 aromatic rings. The number of likely N-dealkylation sites (tertiary alicyclic amines) is 1. The third-order valence-electron chi connectivity index (χ3n) is 4.25. The van der Waals surface area contributed by atoms with Gasteiger partial charge in [0.2, 0.25) is 5.91 Å². The summed E-state index contributed by atoms with van der Waals surface area (Å²) in [5.74, 6) is 0.491. The number of thiazole rings is 1. The lowest BCUT2D eigenvalue weighted by atomic mass is 9.97. The number of hydrogen-bond acceptors (Lipinski definition) is 4. The first-order chi connectivity index (χ1) is 11.8. The summed E-state index contributed by atoms with van der Waals surface area (Å²) in [6.07, 6.45) is 7.46. The van der Waals surface area contributed by atoms with Crippen LogP contribution in [0.4, 0.5) is 0 Å². The maximum Gasteiger partial charge on any atom is 0.244 e. The van der Waals surface area contributed by atoms with E-state index in [1.54, 1.807) is 18.3 Å². The molecule has 1 aliphatic heterocycles. The summed E-state index contributed by atoms with van der Waals surface area (Å²) in [5, 5.41) is 5.79. The lowest BCUT2D eigenvalue weighted by Crippen LogP contribution is -2.40. The summed E-state index contributed by atoms with van der Waals surface area (Å²) < 4.78 is 0. The van der Waals surface area contributed by atoms with Crippen molar-refractivity contribution < 1.29 is 4.79 Å². The van der Waals surface area contributed by atoms with Gasteiger partial charge >= 0.3 is 0 Å².